The quantitative estimate of drug-likeness (QED) is 0.567. The number of ether oxygens (including phenoxy) is 1. The van der Waals surface area contributed by atoms with Gasteiger partial charge in [0.2, 0.25) is 17.7 Å². The van der Waals surface area contributed by atoms with Crippen LogP contribution in [0.1, 0.15) is 37.5 Å². The van der Waals surface area contributed by atoms with Gasteiger partial charge >= 0.3 is 0 Å². The summed E-state index contributed by atoms with van der Waals surface area (Å²) < 4.78 is 5.79. The van der Waals surface area contributed by atoms with Crippen LogP contribution in [0.4, 0.5) is 5.69 Å². The molecule has 2 aromatic rings. The summed E-state index contributed by atoms with van der Waals surface area (Å²) in [5.74, 6) is -0.799. The molecule has 0 aromatic heterocycles. The van der Waals surface area contributed by atoms with E-state index in [2.05, 4.69) is 10.6 Å². The molecule has 1 heterocycles. The van der Waals surface area contributed by atoms with Crippen molar-refractivity contribution in [3.63, 3.8) is 0 Å². The van der Waals surface area contributed by atoms with Crippen molar-refractivity contribution in [3.05, 3.63) is 65.2 Å². The van der Waals surface area contributed by atoms with Crippen LogP contribution in [-0.4, -0.2) is 47.4 Å². The molecule has 176 valence electrons. The van der Waals surface area contributed by atoms with Crippen molar-refractivity contribution in [1.29, 1.82) is 0 Å². The number of benzene rings is 2. The van der Waals surface area contributed by atoms with Gasteiger partial charge in [-0.25, -0.2) is 0 Å². The first-order valence-electron chi connectivity index (χ1n) is 11.0. The minimum Gasteiger partial charge on any atom is -0.374 e. The summed E-state index contributed by atoms with van der Waals surface area (Å²) >= 11 is 0. The molecule has 0 saturated heterocycles. The number of hydrogen-bond acceptors (Lipinski definition) is 5. The topological polar surface area (TPSA) is 114 Å². The van der Waals surface area contributed by atoms with E-state index in [1.807, 2.05) is 48.5 Å². The van der Waals surface area contributed by atoms with Crippen LogP contribution >= 0.6 is 0 Å². The second-order valence-corrected chi connectivity index (χ2v) is 8.92. The predicted molar refractivity (Wildman–Crippen MR) is 126 cm³/mol. The molecule has 8 heteroatoms. The Bertz CT molecular complexity index is 1000. The molecule has 0 fully saturated rings. The van der Waals surface area contributed by atoms with E-state index in [1.54, 1.807) is 18.7 Å². The van der Waals surface area contributed by atoms with Crippen molar-refractivity contribution in [2.24, 2.45) is 5.73 Å². The SMILES string of the molecule is CC(=O)Nc1ccc2c(c1)CN(C(=O)[C@@H](COCc1ccccc1)NC(=O)C(C)(C)N)CC2. The van der Waals surface area contributed by atoms with Gasteiger partial charge in [-0.15, -0.1) is 0 Å². The van der Waals surface area contributed by atoms with Gasteiger partial charge in [0.05, 0.1) is 18.8 Å². The van der Waals surface area contributed by atoms with Gasteiger partial charge in [-0.2, -0.15) is 0 Å². The highest BCUT2D eigenvalue weighted by atomic mass is 16.5. The predicted octanol–water partition coefficient (Wildman–Crippen LogP) is 1.97. The van der Waals surface area contributed by atoms with Gasteiger partial charge in [0.15, 0.2) is 0 Å². The maximum Gasteiger partial charge on any atom is 0.247 e. The first-order chi connectivity index (χ1) is 15.6. The molecule has 8 nitrogen and oxygen atoms in total. The van der Waals surface area contributed by atoms with Crippen molar-refractivity contribution < 1.29 is 19.1 Å². The van der Waals surface area contributed by atoms with Gasteiger partial charge in [-0.1, -0.05) is 36.4 Å². The molecule has 0 spiro atoms. The lowest BCUT2D eigenvalue weighted by Gasteiger charge is -2.33. The van der Waals surface area contributed by atoms with E-state index in [9.17, 15) is 14.4 Å². The fourth-order valence-corrected chi connectivity index (χ4v) is 3.63. The van der Waals surface area contributed by atoms with Crippen molar-refractivity contribution in [3.8, 4) is 0 Å². The summed E-state index contributed by atoms with van der Waals surface area (Å²) in [7, 11) is 0. The third-order valence-corrected chi connectivity index (χ3v) is 5.44. The molecule has 0 saturated carbocycles. The fourth-order valence-electron chi connectivity index (χ4n) is 3.63. The Kier molecular flexibility index (Phi) is 7.84. The van der Waals surface area contributed by atoms with Gasteiger partial charge in [0.1, 0.15) is 6.04 Å². The summed E-state index contributed by atoms with van der Waals surface area (Å²) in [6.07, 6.45) is 0.690. The molecule has 4 N–H and O–H groups in total. The van der Waals surface area contributed by atoms with Crippen LogP contribution in [0, 0.1) is 0 Å². The Morgan fingerprint density at radius 3 is 2.52 bits per heavy atom. The molecule has 3 amide bonds. The van der Waals surface area contributed by atoms with E-state index >= 15 is 0 Å². The number of anilines is 1. The van der Waals surface area contributed by atoms with Gasteiger partial charge in [0.25, 0.3) is 0 Å². The van der Waals surface area contributed by atoms with Crippen molar-refractivity contribution >= 4 is 23.4 Å². The first kappa shape index (κ1) is 24.4. The van der Waals surface area contributed by atoms with Gasteiger partial charge < -0.3 is 26.0 Å². The van der Waals surface area contributed by atoms with Gasteiger partial charge in [-0.3, -0.25) is 14.4 Å². The van der Waals surface area contributed by atoms with Crippen molar-refractivity contribution in [2.75, 3.05) is 18.5 Å². The number of hydrogen-bond donors (Lipinski definition) is 3. The molecule has 1 aliphatic rings. The minimum atomic E-state index is -1.13. The van der Waals surface area contributed by atoms with E-state index in [0.29, 0.717) is 31.8 Å². The summed E-state index contributed by atoms with van der Waals surface area (Å²) in [5, 5.41) is 5.54. The zero-order chi connectivity index (χ0) is 24.0. The number of nitrogens with one attached hydrogen (secondary N) is 2. The standard InChI is InChI=1S/C25H32N4O4/c1-17(30)27-21-10-9-19-11-12-29(14-20(19)13-21)23(31)22(28-24(32)25(2,3)26)16-33-15-18-7-5-4-6-8-18/h4-10,13,22H,11-12,14-16,26H2,1-3H3,(H,27,30)(H,28,32)/t22-/m1/s1. The van der Waals surface area contributed by atoms with Crippen LogP contribution in [0.3, 0.4) is 0 Å². The largest absolute Gasteiger partial charge is 0.374 e. The maximum atomic E-state index is 13.4. The van der Waals surface area contributed by atoms with Crippen LogP contribution in [0.5, 0.6) is 0 Å². The molecular formula is C25H32N4O4. The van der Waals surface area contributed by atoms with Crippen LogP contribution in [0.25, 0.3) is 0 Å². The van der Waals surface area contributed by atoms with Crippen LogP contribution in [0.15, 0.2) is 48.5 Å². The number of rotatable bonds is 8. The average Bonchev–Trinajstić information content (AvgIpc) is 2.77. The minimum absolute atomic E-state index is 0.0326. The Labute approximate surface area is 194 Å². The number of amides is 3. The van der Waals surface area contributed by atoms with Crippen LogP contribution in [0.2, 0.25) is 0 Å². The highest BCUT2D eigenvalue weighted by Gasteiger charge is 2.32. The van der Waals surface area contributed by atoms with Crippen LogP contribution < -0.4 is 16.4 Å². The van der Waals surface area contributed by atoms with Gasteiger partial charge in [0, 0.05) is 25.7 Å². The second-order valence-electron chi connectivity index (χ2n) is 8.92. The molecule has 2 aromatic carbocycles. The average molecular weight is 453 g/mol. The molecule has 0 unspecified atom stereocenters. The van der Waals surface area contributed by atoms with Crippen LogP contribution in [-0.2, 0) is 38.7 Å². The maximum absolute atomic E-state index is 13.4. The lowest BCUT2D eigenvalue weighted by Crippen LogP contribution is -2.58. The van der Waals surface area contributed by atoms with E-state index < -0.39 is 17.5 Å². The molecule has 0 aliphatic carbocycles. The number of carbonyl (C=O) groups is 3. The normalized spacial score (nSPS) is 14.2. The molecule has 0 bridgehead atoms. The van der Waals surface area contributed by atoms with E-state index in [-0.39, 0.29) is 18.4 Å². The third kappa shape index (κ3) is 6.87. The summed E-state index contributed by atoms with van der Waals surface area (Å²) in [6.45, 7) is 5.92. The highest BCUT2D eigenvalue weighted by Crippen LogP contribution is 2.23. The smallest absolute Gasteiger partial charge is 0.247 e. The van der Waals surface area contributed by atoms with Gasteiger partial charge in [-0.05, 0) is 49.1 Å². The summed E-state index contributed by atoms with van der Waals surface area (Å²) in [5.41, 5.74) is 8.58. The Hall–Kier alpha value is -3.23. The summed E-state index contributed by atoms with van der Waals surface area (Å²) in [6, 6.07) is 14.5. The van der Waals surface area contributed by atoms with Crippen molar-refractivity contribution in [2.45, 2.75) is 51.9 Å². The number of carbonyl (C=O) groups excluding carboxylic acids is 3. The van der Waals surface area contributed by atoms with Crippen molar-refractivity contribution in [1.82, 2.24) is 10.2 Å². The third-order valence-electron chi connectivity index (χ3n) is 5.44. The van der Waals surface area contributed by atoms with E-state index in [0.717, 1.165) is 16.7 Å². The number of fused-ring (bicyclic) bond motifs is 1. The molecular weight excluding hydrogens is 420 g/mol. The fraction of sp³-hybridized carbons (Fsp3) is 0.400. The zero-order valence-electron chi connectivity index (χ0n) is 19.4. The molecule has 0 radical (unpaired) electrons. The summed E-state index contributed by atoms with van der Waals surface area (Å²) in [4.78, 5) is 39.0. The number of nitrogens with two attached hydrogens (primary N) is 1. The Morgan fingerprint density at radius 2 is 1.85 bits per heavy atom. The van der Waals surface area contributed by atoms with E-state index in [1.165, 1.54) is 6.92 Å². The Balaban J connectivity index is 1.71. The lowest BCUT2D eigenvalue weighted by atomic mass is 9.98. The zero-order valence-corrected chi connectivity index (χ0v) is 19.4. The molecule has 3 rings (SSSR count). The van der Waals surface area contributed by atoms with E-state index in [4.69, 9.17) is 10.5 Å². The highest BCUT2D eigenvalue weighted by molar-refractivity contribution is 5.92. The molecule has 1 atom stereocenters. The Morgan fingerprint density at radius 1 is 1.12 bits per heavy atom. The molecule has 1 aliphatic heterocycles. The first-order valence-corrected chi connectivity index (χ1v) is 11.0. The lowest BCUT2D eigenvalue weighted by molar-refractivity contribution is -0.140. The molecule has 33 heavy (non-hydrogen) atoms. The monoisotopic (exact) mass is 452 g/mol. The number of nitrogens with zero attached hydrogens (tertiary/aromatic N) is 1. The second kappa shape index (κ2) is 10.6.